The third kappa shape index (κ3) is 3.64. The first-order valence-electron chi connectivity index (χ1n) is 7.84. The lowest BCUT2D eigenvalue weighted by Crippen LogP contribution is -2.47. The van der Waals surface area contributed by atoms with E-state index < -0.39 is 0 Å². The Hall–Kier alpha value is -1.41. The van der Waals surface area contributed by atoms with Gasteiger partial charge in [0.15, 0.2) is 5.82 Å². The second-order valence-electron chi connectivity index (χ2n) is 6.03. The highest BCUT2D eigenvalue weighted by Gasteiger charge is 2.24. The van der Waals surface area contributed by atoms with E-state index in [1.807, 2.05) is 16.8 Å². The second kappa shape index (κ2) is 7.23. The van der Waals surface area contributed by atoms with E-state index in [9.17, 15) is 0 Å². The van der Waals surface area contributed by atoms with E-state index in [4.69, 9.17) is 33.3 Å². The van der Waals surface area contributed by atoms with Crippen molar-refractivity contribution in [2.24, 2.45) is 0 Å². The number of rotatable bonds is 4. The fourth-order valence-electron chi connectivity index (χ4n) is 2.79. The molecule has 0 radical (unpaired) electrons. The maximum atomic E-state index is 6.11. The minimum absolute atomic E-state index is 0.214. The molecule has 1 aromatic heterocycles. The number of halogens is 1. The summed E-state index contributed by atoms with van der Waals surface area (Å²) in [4.78, 5) is 6.79. The monoisotopic (exact) mass is 368 g/mol. The van der Waals surface area contributed by atoms with Crippen LogP contribution in [0.2, 0.25) is 5.02 Å². The van der Waals surface area contributed by atoms with Gasteiger partial charge in [0.2, 0.25) is 4.77 Å². The average Bonchev–Trinajstić information content (AvgIpc) is 2.92. The molecule has 24 heavy (non-hydrogen) atoms. The number of hydrogen-bond acceptors (Lipinski definition) is 5. The molecule has 0 bridgehead atoms. The van der Waals surface area contributed by atoms with Crippen LogP contribution >= 0.6 is 23.8 Å². The lowest BCUT2D eigenvalue weighted by Gasteiger charge is -2.36. The molecule has 1 saturated heterocycles. The topological polar surface area (TPSA) is 55.3 Å². The van der Waals surface area contributed by atoms with Gasteiger partial charge < -0.3 is 9.47 Å². The summed E-state index contributed by atoms with van der Waals surface area (Å²) in [6.07, 6.45) is 0.214. The zero-order valence-corrected chi connectivity index (χ0v) is 15.5. The summed E-state index contributed by atoms with van der Waals surface area (Å²) >= 11 is 11.5. The Kier molecular flexibility index (Phi) is 5.24. The van der Waals surface area contributed by atoms with Gasteiger partial charge in [-0.1, -0.05) is 11.6 Å². The number of hydrogen-bond donors (Lipinski definition) is 1. The molecule has 1 aromatic carbocycles. The number of aromatic nitrogens is 3. The van der Waals surface area contributed by atoms with Crippen LogP contribution in [0.3, 0.4) is 0 Å². The molecular formula is C16H21ClN4O2S. The molecule has 130 valence electrons. The van der Waals surface area contributed by atoms with Crippen LogP contribution in [0.4, 0.5) is 0 Å². The van der Waals surface area contributed by atoms with Gasteiger partial charge in [0.05, 0.1) is 32.1 Å². The van der Waals surface area contributed by atoms with Crippen LogP contribution in [0.25, 0.3) is 11.4 Å². The molecule has 2 heterocycles. The lowest BCUT2D eigenvalue weighted by molar-refractivity contribution is -0.0624. The summed E-state index contributed by atoms with van der Waals surface area (Å²) in [7, 11) is 1.62. The Morgan fingerprint density at radius 3 is 3.00 bits per heavy atom. The summed E-state index contributed by atoms with van der Waals surface area (Å²) in [5.74, 6) is 1.34. The summed E-state index contributed by atoms with van der Waals surface area (Å²) < 4.78 is 13.4. The number of methoxy groups -OCH3 is 1. The van der Waals surface area contributed by atoms with E-state index in [1.54, 1.807) is 13.2 Å². The van der Waals surface area contributed by atoms with Crippen molar-refractivity contribution in [3.63, 3.8) is 0 Å². The summed E-state index contributed by atoms with van der Waals surface area (Å²) in [6, 6.07) is 5.75. The molecule has 3 rings (SSSR count). The number of aromatic amines is 1. The molecule has 0 amide bonds. The van der Waals surface area contributed by atoms with Gasteiger partial charge in [0.25, 0.3) is 0 Å². The van der Waals surface area contributed by atoms with Crippen molar-refractivity contribution in [3.8, 4) is 17.1 Å². The van der Waals surface area contributed by atoms with Gasteiger partial charge in [0.1, 0.15) is 5.75 Å². The molecule has 1 aliphatic heterocycles. The van der Waals surface area contributed by atoms with Crippen molar-refractivity contribution in [2.75, 3.05) is 20.3 Å². The van der Waals surface area contributed by atoms with Crippen LogP contribution in [0.1, 0.15) is 13.8 Å². The SMILES string of the molecule is COc1ccc(Cl)cc1-c1nc(=S)n(CN2CC(C)OCC2C)[nH]1. The van der Waals surface area contributed by atoms with Crippen LogP contribution in [-0.4, -0.2) is 52.1 Å². The van der Waals surface area contributed by atoms with Gasteiger partial charge in [-0.15, -0.1) is 0 Å². The maximum Gasteiger partial charge on any atom is 0.217 e. The van der Waals surface area contributed by atoms with Gasteiger partial charge in [-0.25, -0.2) is 4.68 Å². The minimum Gasteiger partial charge on any atom is -0.496 e. The zero-order valence-electron chi connectivity index (χ0n) is 14.0. The largest absolute Gasteiger partial charge is 0.496 e. The first-order chi connectivity index (χ1) is 11.5. The van der Waals surface area contributed by atoms with Crippen molar-refractivity contribution in [1.29, 1.82) is 0 Å². The highest BCUT2D eigenvalue weighted by atomic mass is 35.5. The van der Waals surface area contributed by atoms with Crippen LogP contribution in [0, 0.1) is 4.77 Å². The molecule has 1 aliphatic rings. The molecule has 1 fully saturated rings. The molecule has 0 spiro atoms. The number of ether oxygens (including phenoxy) is 2. The molecule has 8 heteroatoms. The fraction of sp³-hybridized carbons (Fsp3) is 0.500. The molecule has 1 N–H and O–H groups in total. The zero-order chi connectivity index (χ0) is 17.3. The van der Waals surface area contributed by atoms with Gasteiger partial charge in [0, 0.05) is 17.6 Å². The van der Waals surface area contributed by atoms with Crippen LogP contribution in [-0.2, 0) is 11.4 Å². The predicted molar refractivity (Wildman–Crippen MR) is 96.0 cm³/mol. The van der Waals surface area contributed by atoms with Crippen LogP contribution in [0.15, 0.2) is 18.2 Å². The lowest BCUT2D eigenvalue weighted by atomic mass is 10.2. The standard InChI is InChI=1S/C16H21ClN4O2S/c1-10-8-23-11(2)7-20(10)9-21-16(24)18-15(19-21)13-6-12(17)4-5-14(13)22-3/h4-6,10-11H,7-9H2,1-3H3,(H,18,19,24). The number of morpholine rings is 1. The summed E-state index contributed by atoms with van der Waals surface area (Å²) in [6.45, 7) is 6.44. The van der Waals surface area contributed by atoms with Crippen LogP contribution < -0.4 is 4.74 Å². The highest BCUT2D eigenvalue weighted by Crippen LogP contribution is 2.30. The quantitative estimate of drug-likeness (QED) is 0.839. The maximum absolute atomic E-state index is 6.11. The Morgan fingerprint density at radius 2 is 2.25 bits per heavy atom. The van der Waals surface area contributed by atoms with E-state index in [-0.39, 0.29) is 6.10 Å². The van der Waals surface area contributed by atoms with Crippen molar-refractivity contribution < 1.29 is 9.47 Å². The average molecular weight is 369 g/mol. The van der Waals surface area contributed by atoms with Gasteiger partial charge >= 0.3 is 0 Å². The number of nitrogens with zero attached hydrogens (tertiary/aromatic N) is 3. The Labute approximate surface area is 151 Å². The van der Waals surface area contributed by atoms with Gasteiger partial charge in [-0.05, 0) is 44.3 Å². The highest BCUT2D eigenvalue weighted by molar-refractivity contribution is 7.71. The Balaban J connectivity index is 1.88. The molecule has 2 aromatic rings. The van der Waals surface area contributed by atoms with Gasteiger partial charge in [-0.3, -0.25) is 10.00 Å². The summed E-state index contributed by atoms with van der Waals surface area (Å²) in [5, 5.41) is 3.88. The van der Waals surface area contributed by atoms with Crippen molar-refractivity contribution in [3.05, 3.63) is 28.0 Å². The summed E-state index contributed by atoms with van der Waals surface area (Å²) in [5.41, 5.74) is 0.790. The van der Waals surface area contributed by atoms with E-state index in [1.165, 1.54) is 0 Å². The molecule has 0 saturated carbocycles. The normalized spacial score (nSPS) is 21.8. The molecule has 0 aliphatic carbocycles. The molecule has 2 atom stereocenters. The van der Waals surface area contributed by atoms with E-state index in [2.05, 4.69) is 28.8 Å². The van der Waals surface area contributed by atoms with Crippen LogP contribution in [0.5, 0.6) is 5.75 Å². The molecule has 6 nitrogen and oxygen atoms in total. The van der Waals surface area contributed by atoms with Gasteiger partial charge in [-0.2, -0.15) is 4.98 Å². The van der Waals surface area contributed by atoms with Crippen molar-refractivity contribution in [1.82, 2.24) is 19.7 Å². The smallest absolute Gasteiger partial charge is 0.217 e. The molecule has 2 unspecified atom stereocenters. The Bertz CT molecular complexity index is 776. The van der Waals surface area contributed by atoms with E-state index in [0.717, 1.165) is 18.7 Å². The second-order valence-corrected chi connectivity index (χ2v) is 6.83. The number of nitrogens with one attached hydrogen (secondary N) is 1. The van der Waals surface area contributed by atoms with E-state index >= 15 is 0 Å². The third-order valence-electron chi connectivity index (χ3n) is 4.16. The third-order valence-corrected chi connectivity index (χ3v) is 4.70. The van der Waals surface area contributed by atoms with Crippen molar-refractivity contribution in [2.45, 2.75) is 32.7 Å². The Morgan fingerprint density at radius 1 is 1.46 bits per heavy atom. The number of benzene rings is 1. The number of H-pyrrole nitrogens is 1. The first-order valence-corrected chi connectivity index (χ1v) is 8.63. The van der Waals surface area contributed by atoms with Crippen molar-refractivity contribution >= 4 is 23.8 Å². The predicted octanol–water partition coefficient (Wildman–Crippen LogP) is 3.34. The first kappa shape index (κ1) is 17.4. The minimum atomic E-state index is 0.214. The fourth-order valence-corrected chi connectivity index (χ4v) is 3.16. The molecular weight excluding hydrogens is 348 g/mol. The van der Waals surface area contributed by atoms with E-state index in [0.29, 0.717) is 34.1 Å².